The molecule has 0 radical (unpaired) electrons. The van der Waals surface area contributed by atoms with Crippen molar-refractivity contribution >= 4 is 17.7 Å². The number of carbonyl (C=O) groups is 1. The number of benzene rings is 1. The van der Waals surface area contributed by atoms with Crippen LogP contribution in [0.1, 0.15) is 18.9 Å². The summed E-state index contributed by atoms with van der Waals surface area (Å²) in [6, 6.07) is 7.89. The van der Waals surface area contributed by atoms with E-state index in [-0.39, 0.29) is 5.91 Å². The van der Waals surface area contributed by atoms with Gasteiger partial charge >= 0.3 is 0 Å². The molecule has 2 rings (SSSR count). The summed E-state index contributed by atoms with van der Waals surface area (Å²) in [6.45, 7) is 2.66. The minimum absolute atomic E-state index is 0.103. The van der Waals surface area contributed by atoms with Gasteiger partial charge in [0.2, 0.25) is 5.91 Å². The number of carbonyl (C=O) groups excluding carboxylic acids is 1. The molecular formula is C14H18N4OS. The number of thioether (sulfide) groups is 1. The van der Waals surface area contributed by atoms with E-state index in [0.717, 1.165) is 22.8 Å². The Balaban J connectivity index is 1.81. The van der Waals surface area contributed by atoms with E-state index in [0.29, 0.717) is 13.0 Å². The molecule has 20 heavy (non-hydrogen) atoms. The van der Waals surface area contributed by atoms with Gasteiger partial charge in [0.25, 0.3) is 0 Å². The molecule has 0 aliphatic heterocycles. The van der Waals surface area contributed by atoms with Gasteiger partial charge in [-0.3, -0.25) is 4.79 Å². The molecular weight excluding hydrogens is 272 g/mol. The highest BCUT2D eigenvalue weighted by Crippen LogP contribution is 2.08. The van der Waals surface area contributed by atoms with Crippen LogP contribution in [-0.2, 0) is 11.3 Å². The third kappa shape index (κ3) is 4.38. The number of nitrogens with zero attached hydrogens (tertiary/aromatic N) is 3. The largest absolute Gasteiger partial charge is 0.352 e. The molecule has 1 aromatic carbocycles. The van der Waals surface area contributed by atoms with Crippen molar-refractivity contribution in [2.24, 2.45) is 0 Å². The van der Waals surface area contributed by atoms with Gasteiger partial charge in [0, 0.05) is 18.7 Å². The summed E-state index contributed by atoms with van der Waals surface area (Å²) in [5, 5.41) is 6.99. The van der Waals surface area contributed by atoms with Crippen LogP contribution in [0.3, 0.4) is 0 Å². The van der Waals surface area contributed by atoms with Crippen molar-refractivity contribution in [3.05, 3.63) is 42.5 Å². The van der Waals surface area contributed by atoms with E-state index in [9.17, 15) is 4.79 Å². The Labute approximate surface area is 122 Å². The van der Waals surface area contributed by atoms with Crippen molar-refractivity contribution in [2.75, 3.05) is 11.5 Å². The number of hydrogen-bond donors (Lipinski definition) is 1. The van der Waals surface area contributed by atoms with Gasteiger partial charge in [0.1, 0.15) is 12.7 Å². The zero-order valence-corrected chi connectivity index (χ0v) is 12.3. The average molecular weight is 290 g/mol. The maximum absolute atomic E-state index is 11.6. The molecule has 1 N–H and O–H groups in total. The summed E-state index contributed by atoms with van der Waals surface area (Å²) in [6.07, 6.45) is 3.74. The van der Waals surface area contributed by atoms with Gasteiger partial charge < -0.3 is 5.32 Å². The first-order chi connectivity index (χ1) is 9.79. The third-order valence-electron chi connectivity index (χ3n) is 2.79. The standard InChI is InChI=1S/C14H18N4OS/c1-2-20-8-7-14(19)16-9-12-3-5-13(6-4-12)18-11-15-10-17-18/h3-6,10-11H,2,7-9H2,1H3,(H,16,19). The van der Waals surface area contributed by atoms with E-state index < -0.39 is 0 Å². The minimum atomic E-state index is 0.103. The van der Waals surface area contributed by atoms with Gasteiger partial charge in [0.15, 0.2) is 0 Å². The molecule has 0 saturated carbocycles. The fraction of sp³-hybridized carbons (Fsp3) is 0.357. The van der Waals surface area contributed by atoms with Crippen molar-refractivity contribution in [1.29, 1.82) is 0 Å². The number of amides is 1. The zero-order valence-electron chi connectivity index (χ0n) is 11.5. The van der Waals surface area contributed by atoms with Crippen LogP contribution in [0.5, 0.6) is 0 Å². The lowest BCUT2D eigenvalue weighted by molar-refractivity contribution is -0.120. The summed E-state index contributed by atoms with van der Waals surface area (Å²) in [5.41, 5.74) is 2.03. The molecule has 1 heterocycles. The Kier molecular flexibility index (Phi) is 5.61. The number of hydrogen-bond acceptors (Lipinski definition) is 4. The molecule has 0 fully saturated rings. The molecule has 0 atom stereocenters. The van der Waals surface area contributed by atoms with Gasteiger partial charge in [-0.2, -0.15) is 16.9 Å². The fourth-order valence-electron chi connectivity index (χ4n) is 1.71. The predicted octanol–water partition coefficient (Wildman–Crippen LogP) is 2.03. The lowest BCUT2D eigenvalue weighted by atomic mass is 10.2. The molecule has 0 aliphatic rings. The van der Waals surface area contributed by atoms with Crippen molar-refractivity contribution < 1.29 is 4.79 Å². The van der Waals surface area contributed by atoms with Crippen LogP contribution in [0.15, 0.2) is 36.9 Å². The van der Waals surface area contributed by atoms with Gasteiger partial charge in [-0.05, 0) is 23.4 Å². The molecule has 0 unspecified atom stereocenters. The van der Waals surface area contributed by atoms with Crippen LogP contribution >= 0.6 is 11.8 Å². The van der Waals surface area contributed by atoms with E-state index in [2.05, 4.69) is 22.3 Å². The molecule has 5 nitrogen and oxygen atoms in total. The van der Waals surface area contributed by atoms with E-state index >= 15 is 0 Å². The van der Waals surface area contributed by atoms with Gasteiger partial charge in [-0.1, -0.05) is 19.1 Å². The Morgan fingerprint density at radius 1 is 1.35 bits per heavy atom. The van der Waals surface area contributed by atoms with E-state index in [1.54, 1.807) is 22.8 Å². The topological polar surface area (TPSA) is 59.8 Å². The average Bonchev–Trinajstić information content (AvgIpc) is 3.00. The Bertz CT molecular complexity index is 525. The normalized spacial score (nSPS) is 10.4. The number of aromatic nitrogens is 3. The molecule has 6 heteroatoms. The van der Waals surface area contributed by atoms with Crippen molar-refractivity contribution in [3.63, 3.8) is 0 Å². The van der Waals surface area contributed by atoms with Crippen molar-refractivity contribution in [3.8, 4) is 5.69 Å². The van der Waals surface area contributed by atoms with Crippen LogP contribution in [0.4, 0.5) is 0 Å². The van der Waals surface area contributed by atoms with Crippen LogP contribution in [-0.4, -0.2) is 32.2 Å². The molecule has 1 aromatic heterocycles. The van der Waals surface area contributed by atoms with Crippen LogP contribution < -0.4 is 5.32 Å². The monoisotopic (exact) mass is 290 g/mol. The fourth-order valence-corrected chi connectivity index (χ4v) is 2.32. The third-order valence-corrected chi connectivity index (χ3v) is 3.69. The summed E-state index contributed by atoms with van der Waals surface area (Å²) in [4.78, 5) is 15.5. The molecule has 0 spiro atoms. The quantitative estimate of drug-likeness (QED) is 0.793. The highest BCUT2D eigenvalue weighted by Gasteiger charge is 2.02. The summed E-state index contributed by atoms with van der Waals surface area (Å²) < 4.78 is 1.70. The first-order valence-electron chi connectivity index (χ1n) is 6.58. The summed E-state index contributed by atoms with van der Waals surface area (Å²) in [7, 11) is 0. The first kappa shape index (κ1) is 14.6. The Morgan fingerprint density at radius 3 is 2.80 bits per heavy atom. The second-order valence-electron chi connectivity index (χ2n) is 4.23. The first-order valence-corrected chi connectivity index (χ1v) is 7.73. The second-order valence-corrected chi connectivity index (χ2v) is 5.62. The van der Waals surface area contributed by atoms with Crippen LogP contribution in [0.2, 0.25) is 0 Å². The van der Waals surface area contributed by atoms with Gasteiger partial charge in [-0.25, -0.2) is 9.67 Å². The molecule has 0 bridgehead atoms. The molecule has 0 aliphatic carbocycles. The zero-order chi connectivity index (χ0) is 14.2. The summed E-state index contributed by atoms with van der Waals surface area (Å²) >= 11 is 1.78. The lowest BCUT2D eigenvalue weighted by Gasteiger charge is -2.06. The lowest BCUT2D eigenvalue weighted by Crippen LogP contribution is -2.23. The Hall–Kier alpha value is -1.82. The van der Waals surface area contributed by atoms with Crippen LogP contribution in [0, 0.1) is 0 Å². The van der Waals surface area contributed by atoms with Gasteiger partial charge in [-0.15, -0.1) is 0 Å². The van der Waals surface area contributed by atoms with E-state index in [4.69, 9.17) is 0 Å². The summed E-state index contributed by atoms with van der Waals surface area (Å²) in [5.74, 6) is 2.04. The van der Waals surface area contributed by atoms with Gasteiger partial charge in [0.05, 0.1) is 5.69 Å². The maximum atomic E-state index is 11.6. The van der Waals surface area contributed by atoms with Crippen LogP contribution in [0.25, 0.3) is 5.69 Å². The SMILES string of the molecule is CCSCCC(=O)NCc1ccc(-n2cncn2)cc1. The molecule has 1 amide bonds. The molecule has 0 saturated heterocycles. The second kappa shape index (κ2) is 7.69. The predicted molar refractivity (Wildman–Crippen MR) is 80.8 cm³/mol. The maximum Gasteiger partial charge on any atom is 0.221 e. The number of rotatable bonds is 7. The number of nitrogens with one attached hydrogen (secondary N) is 1. The molecule has 2 aromatic rings. The smallest absolute Gasteiger partial charge is 0.221 e. The highest BCUT2D eigenvalue weighted by atomic mass is 32.2. The minimum Gasteiger partial charge on any atom is -0.352 e. The highest BCUT2D eigenvalue weighted by molar-refractivity contribution is 7.99. The van der Waals surface area contributed by atoms with Crippen molar-refractivity contribution in [2.45, 2.75) is 19.9 Å². The van der Waals surface area contributed by atoms with E-state index in [1.165, 1.54) is 6.33 Å². The molecule has 106 valence electrons. The van der Waals surface area contributed by atoms with Crippen molar-refractivity contribution in [1.82, 2.24) is 20.1 Å². The Morgan fingerprint density at radius 2 is 2.15 bits per heavy atom. The van der Waals surface area contributed by atoms with E-state index in [1.807, 2.05) is 24.3 Å².